The molecule has 1 aromatic carbocycles. The number of ether oxygens (including phenoxy) is 1. The van der Waals surface area contributed by atoms with Crippen molar-refractivity contribution in [1.82, 2.24) is 14.9 Å². The molecule has 100 valence electrons. The van der Waals surface area contributed by atoms with Crippen LogP contribution in [0.15, 0.2) is 38.8 Å². The molecule has 0 bridgehead atoms. The molecule has 0 atom stereocenters. The van der Waals surface area contributed by atoms with E-state index in [0.717, 1.165) is 20.3 Å². The molecule has 0 amide bonds. The highest BCUT2D eigenvalue weighted by atomic mass is 79.9. The highest BCUT2D eigenvalue weighted by molar-refractivity contribution is 9.11. The summed E-state index contributed by atoms with van der Waals surface area (Å²) in [6, 6.07) is 3.88. The van der Waals surface area contributed by atoms with Gasteiger partial charge < -0.3 is 4.74 Å². The van der Waals surface area contributed by atoms with Gasteiger partial charge >= 0.3 is 0 Å². The summed E-state index contributed by atoms with van der Waals surface area (Å²) in [5.74, 6) is 0.759. The lowest BCUT2D eigenvalue weighted by Crippen LogP contribution is -2.08. The van der Waals surface area contributed by atoms with Crippen molar-refractivity contribution in [1.29, 1.82) is 0 Å². The van der Waals surface area contributed by atoms with Crippen LogP contribution in [0, 0.1) is 0 Å². The Balaban J connectivity index is 2.37. The maximum Gasteiger partial charge on any atom is 0.142 e. The first-order chi connectivity index (χ1) is 9.06. The fourth-order valence-electron chi connectivity index (χ4n) is 1.42. The van der Waals surface area contributed by atoms with Gasteiger partial charge in [-0.1, -0.05) is 15.9 Å². The van der Waals surface area contributed by atoms with Crippen molar-refractivity contribution in [3.63, 3.8) is 0 Å². The van der Waals surface area contributed by atoms with Crippen LogP contribution in [0.1, 0.15) is 19.4 Å². The molecular weight excluding hydrogens is 376 g/mol. The van der Waals surface area contributed by atoms with Gasteiger partial charge in [0.05, 0.1) is 16.8 Å². The first kappa shape index (κ1) is 14.2. The molecule has 0 radical (unpaired) electrons. The normalized spacial score (nSPS) is 11.4. The molecule has 7 heteroatoms. The second-order valence-corrected chi connectivity index (χ2v) is 5.83. The van der Waals surface area contributed by atoms with Crippen LogP contribution >= 0.6 is 31.9 Å². The van der Waals surface area contributed by atoms with Gasteiger partial charge in [-0.25, -0.2) is 4.68 Å². The molecule has 0 unspecified atom stereocenters. The molecule has 0 N–H and O–H groups in total. The van der Waals surface area contributed by atoms with Gasteiger partial charge in [0.25, 0.3) is 0 Å². The van der Waals surface area contributed by atoms with Crippen molar-refractivity contribution in [3.05, 3.63) is 39.3 Å². The number of hydrogen-bond donors (Lipinski definition) is 0. The predicted octanol–water partition coefficient (Wildman–Crippen LogP) is 3.47. The van der Waals surface area contributed by atoms with Crippen molar-refractivity contribution >= 4 is 38.1 Å². The SMILES string of the molecule is CC(C)Oc1c(Br)cc(Br)cc1/C=N/n1cnnc1. The minimum absolute atomic E-state index is 0.0829. The predicted molar refractivity (Wildman–Crippen MR) is 80.6 cm³/mol. The molecule has 0 aliphatic carbocycles. The van der Waals surface area contributed by atoms with E-state index in [-0.39, 0.29) is 6.10 Å². The minimum atomic E-state index is 0.0829. The monoisotopic (exact) mass is 386 g/mol. The van der Waals surface area contributed by atoms with Gasteiger partial charge in [-0.15, -0.1) is 10.2 Å². The second-order valence-electron chi connectivity index (χ2n) is 4.06. The Bertz CT molecular complexity index is 582. The zero-order chi connectivity index (χ0) is 13.8. The van der Waals surface area contributed by atoms with Gasteiger partial charge in [0.15, 0.2) is 0 Å². The van der Waals surface area contributed by atoms with Crippen molar-refractivity contribution in [2.45, 2.75) is 20.0 Å². The van der Waals surface area contributed by atoms with E-state index in [1.165, 1.54) is 17.3 Å². The largest absolute Gasteiger partial charge is 0.489 e. The topological polar surface area (TPSA) is 52.3 Å². The first-order valence-corrected chi connectivity index (χ1v) is 7.19. The van der Waals surface area contributed by atoms with E-state index in [2.05, 4.69) is 47.2 Å². The Hall–Kier alpha value is -1.21. The third-order valence-corrected chi connectivity index (χ3v) is 3.17. The van der Waals surface area contributed by atoms with Crippen LogP contribution in [-0.2, 0) is 0 Å². The Morgan fingerprint density at radius 1 is 1.26 bits per heavy atom. The van der Waals surface area contributed by atoms with Gasteiger partial charge in [0.1, 0.15) is 18.4 Å². The molecule has 0 saturated carbocycles. The summed E-state index contributed by atoms with van der Waals surface area (Å²) in [6.07, 6.45) is 4.83. The molecule has 1 heterocycles. The standard InChI is InChI=1S/C12H12Br2N4O/c1-8(2)19-12-9(3-10(13)4-11(12)14)5-17-18-6-15-16-7-18/h3-8H,1-2H3/b17-5+. The molecule has 0 fully saturated rings. The molecule has 2 aromatic rings. The van der Waals surface area contributed by atoms with E-state index in [0.29, 0.717) is 0 Å². The number of halogens is 2. The summed E-state index contributed by atoms with van der Waals surface area (Å²) >= 11 is 6.95. The van der Waals surface area contributed by atoms with Crippen molar-refractivity contribution in [3.8, 4) is 5.75 Å². The van der Waals surface area contributed by atoms with Crippen LogP contribution in [0.5, 0.6) is 5.75 Å². The van der Waals surface area contributed by atoms with Crippen LogP contribution in [0.25, 0.3) is 0 Å². The lowest BCUT2D eigenvalue weighted by molar-refractivity contribution is 0.240. The molecule has 0 spiro atoms. The van der Waals surface area contributed by atoms with E-state index in [1.54, 1.807) is 6.21 Å². The molecule has 5 nitrogen and oxygen atoms in total. The molecule has 0 aliphatic heterocycles. The average Bonchev–Trinajstić information content (AvgIpc) is 2.83. The van der Waals surface area contributed by atoms with Crippen molar-refractivity contribution < 1.29 is 4.74 Å². The fourth-order valence-corrected chi connectivity index (χ4v) is 2.77. The van der Waals surface area contributed by atoms with Gasteiger partial charge in [-0.2, -0.15) is 5.10 Å². The van der Waals surface area contributed by atoms with E-state index < -0.39 is 0 Å². The van der Waals surface area contributed by atoms with E-state index in [4.69, 9.17) is 4.74 Å². The fraction of sp³-hybridized carbons (Fsp3) is 0.250. The summed E-state index contributed by atoms with van der Waals surface area (Å²) < 4.78 is 9.14. The van der Waals surface area contributed by atoms with E-state index >= 15 is 0 Å². The van der Waals surface area contributed by atoms with Gasteiger partial charge in [-0.05, 0) is 41.9 Å². The molecule has 0 aliphatic rings. The quantitative estimate of drug-likeness (QED) is 0.754. The number of aromatic nitrogens is 3. The Morgan fingerprint density at radius 2 is 1.95 bits per heavy atom. The smallest absolute Gasteiger partial charge is 0.142 e. The van der Waals surface area contributed by atoms with Crippen LogP contribution in [0.2, 0.25) is 0 Å². The maximum atomic E-state index is 5.80. The van der Waals surface area contributed by atoms with Crippen LogP contribution in [-0.4, -0.2) is 27.2 Å². The third-order valence-electron chi connectivity index (χ3n) is 2.13. The van der Waals surface area contributed by atoms with E-state index in [9.17, 15) is 0 Å². The molecule has 1 aromatic heterocycles. The Kier molecular flexibility index (Phi) is 4.71. The third kappa shape index (κ3) is 3.87. The number of nitrogens with zero attached hydrogens (tertiary/aromatic N) is 4. The highest BCUT2D eigenvalue weighted by Crippen LogP contribution is 2.32. The van der Waals surface area contributed by atoms with Gasteiger partial charge in [0, 0.05) is 10.0 Å². The summed E-state index contributed by atoms with van der Waals surface area (Å²) in [7, 11) is 0. The zero-order valence-electron chi connectivity index (χ0n) is 10.4. The molecule has 2 rings (SSSR count). The average molecular weight is 388 g/mol. The van der Waals surface area contributed by atoms with E-state index in [1.807, 2.05) is 26.0 Å². The number of benzene rings is 1. The Labute approximate surface area is 127 Å². The lowest BCUT2D eigenvalue weighted by Gasteiger charge is -2.14. The van der Waals surface area contributed by atoms with Gasteiger partial charge in [0.2, 0.25) is 0 Å². The van der Waals surface area contributed by atoms with Gasteiger partial charge in [-0.3, -0.25) is 0 Å². The Morgan fingerprint density at radius 3 is 2.58 bits per heavy atom. The number of rotatable bonds is 4. The summed E-state index contributed by atoms with van der Waals surface area (Å²) in [5, 5.41) is 11.6. The molecule has 19 heavy (non-hydrogen) atoms. The summed E-state index contributed by atoms with van der Waals surface area (Å²) in [6.45, 7) is 3.96. The summed E-state index contributed by atoms with van der Waals surface area (Å²) in [5.41, 5.74) is 0.864. The van der Waals surface area contributed by atoms with Crippen LogP contribution < -0.4 is 4.74 Å². The van der Waals surface area contributed by atoms with Crippen LogP contribution in [0.4, 0.5) is 0 Å². The molecule has 0 saturated heterocycles. The second kappa shape index (κ2) is 6.29. The highest BCUT2D eigenvalue weighted by Gasteiger charge is 2.10. The maximum absolute atomic E-state index is 5.80. The zero-order valence-corrected chi connectivity index (χ0v) is 13.6. The number of hydrogen-bond acceptors (Lipinski definition) is 4. The van der Waals surface area contributed by atoms with Crippen molar-refractivity contribution in [2.75, 3.05) is 0 Å². The lowest BCUT2D eigenvalue weighted by atomic mass is 10.2. The summed E-state index contributed by atoms with van der Waals surface area (Å²) in [4.78, 5) is 0. The minimum Gasteiger partial charge on any atom is -0.489 e. The van der Waals surface area contributed by atoms with Crippen molar-refractivity contribution in [2.24, 2.45) is 5.10 Å². The first-order valence-electron chi connectivity index (χ1n) is 5.61. The molecular formula is C12H12Br2N4O. The van der Waals surface area contributed by atoms with Crippen LogP contribution in [0.3, 0.4) is 0 Å².